The fourth-order valence-electron chi connectivity index (χ4n) is 5.20. The molecule has 6 rings (SSSR count). The van der Waals surface area contributed by atoms with Crippen LogP contribution >= 0.6 is 11.6 Å². The first kappa shape index (κ1) is 28.7. The number of fused-ring (bicyclic) bond motifs is 2. The summed E-state index contributed by atoms with van der Waals surface area (Å²) in [6.45, 7) is 6.78. The van der Waals surface area contributed by atoms with Gasteiger partial charge >= 0.3 is 0 Å². The number of rotatable bonds is 8. The van der Waals surface area contributed by atoms with Crippen molar-refractivity contribution >= 4 is 44.8 Å². The van der Waals surface area contributed by atoms with Gasteiger partial charge in [0.25, 0.3) is 6.43 Å². The van der Waals surface area contributed by atoms with Gasteiger partial charge < -0.3 is 10.6 Å². The van der Waals surface area contributed by atoms with Crippen molar-refractivity contribution < 1.29 is 13.2 Å². The largest absolute Gasteiger partial charge is 0.383 e. The average Bonchev–Trinajstić information content (AvgIpc) is 3.70. The summed E-state index contributed by atoms with van der Waals surface area (Å²) < 4.78 is 44.6. The minimum Gasteiger partial charge on any atom is -0.383 e. The molecule has 0 spiro atoms. The Morgan fingerprint density at radius 2 is 1.91 bits per heavy atom. The number of nitrogens with zero attached hydrogens (tertiary/aromatic N) is 6. The van der Waals surface area contributed by atoms with E-state index in [0.717, 1.165) is 10.1 Å². The highest BCUT2D eigenvalue weighted by Gasteiger charge is 2.56. The molecule has 0 radical (unpaired) electrons. The average molecular weight is 605 g/mol. The number of aromatic nitrogens is 5. The van der Waals surface area contributed by atoms with Crippen LogP contribution in [0, 0.1) is 22.7 Å². The van der Waals surface area contributed by atoms with Crippen LogP contribution in [-0.2, 0) is 5.54 Å². The topological polar surface area (TPSA) is 104 Å². The van der Waals surface area contributed by atoms with Crippen LogP contribution in [0.4, 0.5) is 24.5 Å². The molecule has 5 aromatic rings. The second-order valence-corrected chi connectivity index (χ2v) is 12.4. The summed E-state index contributed by atoms with van der Waals surface area (Å²) in [6.07, 6.45) is 0.562. The van der Waals surface area contributed by atoms with E-state index in [1.54, 1.807) is 36.5 Å². The first-order valence-electron chi connectivity index (χ1n) is 13.8. The van der Waals surface area contributed by atoms with Crippen LogP contribution in [0.25, 0.3) is 21.8 Å². The zero-order valence-corrected chi connectivity index (χ0v) is 24.4. The van der Waals surface area contributed by atoms with E-state index in [0.29, 0.717) is 50.5 Å². The molecule has 220 valence electrons. The van der Waals surface area contributed by atoms with Crippen LogP contribution in [0.3, 0.4) is 0 Å². The second kappa shape index (κ2) is 10.7. The van der Waals surface area contributed by atoms with Crippen molar-refractivity contribution in [1.29, 1.82) is 5.26 Å². The van der Waals surface area contributed by atoms with Crippen molar-refractivity contribution in [1.82, 2.24) is 25.0 Å². The molecule has 2 aromatic carbocycles. The maximum Gasteiger partial charge on any atom is 0.263 e. The fraction of sp³-hybridized carbons (Fsp3) is 0.323. The summed E-state index contributed by atoms with van der Waals surface area (Å²) in [5.74, 6) is -0.941. The number of nitriles is 1. The van der Waals surface area contributed by atoms with Crippen LogP contribution in [0.2, 0.25) is 5.02 Å². The molecule has 0 aliphatic heterocycles. The zero-order chi connectivity index (χ0) is 30.5. The molecule has 8 nitrogen and oxygen atoms in total. The highest BCUT2D eigenvalue weighted by molar-refractivity contribution is 6.35. The maximum absolute atomic E-state index is 16.0. The SMILES string of the molecule is CC(C)(C)CNc1c(C#N)cnc2c(Cl)cc(N[C@H](c3nnn(C4(C(F)F)CC4)c3F)c3cccc4ncccc34)cc12. The van der Waals surface area contributed by atoms with E-state index in [9.17, 15) is 14.0 Å². The minimum absolute atomic E-state index is 0.0873. The number of halogens is 4. The molecule has 1 aliphatic carbocycles. The molecule has 3 heterocycles. The van der Waals surface area contributed by atoms with Gasteiger partial charge in [-0.1, -0.05) is 55.8 Å². The summed E-state index contributed by atoms with van der Waals surface area (Å²) in [6, 6.07) is 13.7. The lowest BCUT2D eigenvalue weighted by molar-refractivity contribution is 0.0524. The number of nitrogens with one attached hydrogen (secondary N) is 2. The third kappa shape index (κ3) is 5.20. The fourth-order valence-corrected chi connectivity index (χ4v) is 5.47. The van der Waals surface area contributed by atoms with Crippen LogP contribution < -0.4 is 10.6 Å². The van der Waals surface area contributed by atoms with Gasteiger partial charge in [-0.2, -0.15) is 9.65 Å². The van der Waals surface area contributed by atoms with E-state index in [1.165, 1.54) is 6.20 Å². The summed E-state index contributed by atoms with van der Waals surface area (Å²) in [7, 11) is 0. The molecule has 1 saturated carbocycles. The van der Waals surface area contributed by atoms with Gasteiger partial charge in [0.05, 0.1) is 27.3 Å². The van der Waals surface area contributed by atoms with Gasteiger partial charge in [0.1, 0.15) is 23.3 Å². The summed E-state index contributed by atoms with van der Waals surface area (Å²) in [4.78, 5) is 8.84. The van der Waals surface area contributed by atoms with E-state index in [2.05, 4.69) is 57.8 Å². The predicted molar refractivity (Wildman–Crippen MR) is 160 cm³/mol. The quantitative estimate of drug-likeness (QED) is 0.189. The molecule has 0 bridgehead atoms. The number of alkyl halides is 2. The number of anilines is 2. The van der Waals surface area contributed by atoms with E-state index in [1.807, 2.05) is 12.1 Å². The Morgan fingerprint density at radius 3 is 2.60 bits per heavy atom. The van der Waals surface area contributed by atoms with Gasteiger partial charge in [0.2, 0.25) is 5.95 Å². The lowest BCUT2D eigenvalue weighted by Gasteiger charge is -2.23. The van der Waals surface area contributed by atoms with Crippen molar-refractivity contribution in [3.05, 3.63) is 82.6 Å². The number of hydrogen-bond donors (Lipinski definition) is 2. The standard InChI is InChI=1S/C31H28ClF3N8/c1-30(2,3)16-39-24-17(14-36)15-38-25-21(24)12-18(13-22(25)32)40-26(20-6-4-8-23-19(20)7-5-11-37-23)27-28(33)43(42-41-27)31(9-10-31)29(34)35/h4-8,11-13,15,26,29,40H,9-10,16H2,1-3H3,(H,38,39)/t26-/m0/s1. The van der Waals surface area contributed by atoms with E-state index in [-0.39, 0.29) is 24.0 Å². The summed E-state index contributed by atoms with van der Waals surface area (Å²) in [5, 5.41) is 26.1. The minimum atomic E-state index is -2.79. The lowest BCUT2D eigenvalue weighted by Crippen LogP contribution is -2.29. The van der Waals surface area contributed by atoms with Crippen molar-refractivity contribution in [2.24, 2.45) is 5.41 Å². The van der Waals surface area contributed by atoms with E-state index in [4.69, 9.17) is 11.6 Å². The third-order valence-electron chi connectivity index (χ3n) is 7.65. The van der Waals surface area contributed by atoms with Crippen LogP contribution in [0.15, 0.2) is 54.9 Å². The highest BCUT2D eigenvalue weighted by atomic mass is 35.5. The maximum atomic E-state index is 16.0. The van der Waals surface area contributed by atoms with Gasteiger partial charge in [-0.05, 0) is 48.1 Å². The van der Waals surface area contributed by atoms with Gasteiger partial charge in [0.15, 0.2) is 0 Å². The molecule has 1 fully saturated rings. The first-order chi connectivity index (χ1) is 20.5. The van der Waals surface area contributed by atoms with E-state index >= 15 is 4.39 Å². The van der Waals surface area contributed by atoms with Crippen LogP contribution in [-0.4, -0.2) is 37.9 Å². The molecule has 0 saturated heterocycles. The smallest absolute Gasteiger partial charge is 0.263 e. The molecular formula is C31H28ClF3N8. The Balaban J connectivity index is 1.51. The Hall–Kier alpha value is -4.43. The molecule has 12 heteroatoms. The van der Waals surface area contributed by atoms with Gasteiger partial charge in [0, 0.05) is 35.4 Å². The van der Waals surface area contributed by atoms with Gasteiger partial charge in [-0.15, -0.1) is 5.10 Å². The Labute approximate surface area is 250 Å². The predicted octanol–water partition coefficient (Wildman–Crippen LogP) is 7.45. The molecule has 3 aromatic heterocycles. The number of hydrogen-bond acceptors (Lipinski definition) is 7. The Kier molecular flexibility index (Phi) is 7.13. The lowest BCUT2D eigenvalue weighted by atomic mass is 9.96. The molecule has 1 aliphatic rings. The van der Waals surface area contributed by atoms with Crippen LogP contribution in [0.5, 0.6) is 0 Å². The summed E-state index contributed by atoms with van der Waals surface area (Å²) >= 11 is 6.72. The molecular weight excluding hydrogens is 577 g/mol. The first-order valence-corrected chi connectivity index (χ1v) is 14.2. The van der Waals surface area contributed by atoms with E-state index < -0.39 is 24.0 Å². The molecule has 43 heavy (non-hydrogen) atoms. The molecule has 2 N–H and O–H groups in total. The second-order valence-electron chi connectivity index (χ2n) is 12.0. The van der Waals surface area contributed by atoms with Crippen molar-refractivity contribution in [3.8, 4) is 6.07 Å². The van der Waals surface area contributed by atoms with Gasteiger partial charge in [-0.25, -0.2) is 13.5 Å². The van der Waals surface area contributed by atoms with Crippen LogP contribution in [0.1, 0.15) is 56.5 Å². The summed E-state index contributed by atoms with van der Waals surface area (Å²) in [5.41, 5.74) is 1.23. The molecule has 1 atom stereocenters. The van der Waals surface area contributed by atoms with Gasteiger partial charge in [-0.3, -0.25) is 9.97 Å². The van der Waals surface area contributed by atoms with Crippen molar-refractivity contribution in [2.75, 3.05) is 17.2 Å². The normalized spacial score (nSPS) is 15.0. The third-order valence-corrected chi connectivity index (χ3v) is 7.93. The molecule has 0 unspecified atom stereocenters. The number of benzene rings is 2. The highest BCUT2D eigenvalue weighted by Crippen LogP contribution is 2.49. The van der Waals surface area contributed by atoms with Crippen molar-refractivity contribution in [3.63, 3.8) is 0 Å². The Bertz CT molecular complexity index is 1880. The monoisotopic (exact) mass is 604 g/mol. The molecule has 0 amide bonds. The number of pyridine rings is 2. The zero-order valence-electron chi connectivity index (χ0n) is 23.7. The Morgan fingerprint density at radius 1 is 1.12 bits per heavy atom. The van der Waals surface area contributed by atoms with Crippen molar-refractivity contribution in [2.45, 2.75) is 51.6 Å².